The number of methoxy groups -OCH3 is 1. The van der Waals surface area contributed by atoms with Crippen molar-refractivity contribution >= 4 is 28.7 Å². The molecule has 0 bridgehead atoms. The second-order valence-corrected chi connectivity index (χ2v) is 7.63. The number of aromatic nitrogens is 3. The Balaban J connectivity index is 1.67. The van der Waals surface area contributed by atoms with Crippen molar-refractivity contribution in [3.8, 4) is 17.0 Å². The molecule has 4 rings (SSSR count). The van der Waals surface area contributed by atoms with E-state index < -0.39 is 11.5 Å². The maximum absolute atomic E-state index is 13.1. The number of halogens is 1. The lowest BCUT2D eigenvalue weighted by Crippen LogP contribution is -2.28. The quantitative estimate of drug-likeness (QED) is 0.468. The number of ether oxygens (including phenoxy) is 1. The van der Waals surface area contributed by atoms with Crippen LogP contribution in [0, 0.1) is 6.92 Å². The van der Waals surface area contributed by atoms with Gasteiger partial charge in [-0.3, -0.25) is 9.59 Å². The Hall–Kier alpha value is -3.62. The molecule has 0 saturated heterocycles. The van der Waals surface area contributed by atoms with Crippen molar-refractivity contribution in [1.29, 1.82) is 0 Å². The van der Waals surface area contributed by atoms with Gasteiger partial charge in [0.1, 0.15) is 17.8 Å². The van der Waals surface area contributed by atoms with Gasteiger partial charge in [-0.15, -0.1) is 0 Å². The van der Waals surface area contributed by atoms with Gasteiger partial charge in [-0.1, -0.05) is 41.9 Å². The van der Waals surface area contributed by atoms with Gasteiger partial charge < -0.3 is 19.7 Å². The predicted octanol–water partition coefficient (Wildman–Crippen LogP) is 3.26. The molecule has 0 fully saturated rings. The molecule has 2 aromatic carbocycles. The number of nitrogens with one attached hydrogen (secondary N) is 1. The largest absolute Gasteiger partial charge is 0.495 e. The van der Waals surface area contributed by atoms with Crippen LogP contribution >= 0.6 is 11.6 Å². The zero-order valence-corrected chi connectivity index (χ0v) is 18.3. The topological polar surface area (TPSA) is 97.9 Å². The van der Waals surface area contributed by atoms with Crippen molar-refractivity contribution in [1.82, 2.24) is 14.2 Å². The van der Waals surface area contributed by atoms with E-state index in [0.29, 0.717) is 27.7 Å². The number of benzene rings is 2. The van der Waals surface area contributed by atoms with E-state index in [2.05, 4.69) is 10.4 Å². The van der Waals surface area contributed by atoms with Gasteiger partial charge in [0.15, 0.2) is 0 Å². The van der Waals surface area contributed by atoms with Crippen LogP contribution in [0.2, 0.25) is 5.02 Å². The van der Waals surface area contributed by atoms with Crippen LogP contribution in [0.15, 0.2) is 59.7 Å². The molecule has 164 valence electrons. The number of rotatable bonds is 6. The lowest BCUT2D eigenvalue weighted by Gasteiger charge is -2.13. The van der Waals surface area contributed by atoms with E-state index >= 15 is 0 Å². The Labute approximate surface area is 188 Å². The summed E-state index contributed by atoms with van der Waals surface area (Å²) in [6, 6.07) is 12.6. The molecular weight excluding hydrogens is 432 g/mol. The summed E-state index contributed by atoms with van der Waals surface area (Å²) in [6.07, 6.45) is 3.07. The molecule has 1 amide bonds. The van der Waals surface area contributed by atoms with Crippen molar-refractivity contribution in [3.05, 3.63) is 81.4 Å². The number of carbonyl (C=O) groups excluding carboxylic acids is 1. The number of aryl methyl sites for hydroxylation is 1. The van der Waals surface area contributed by atoms with Crippen LogP contribution in [-0.4, -0.2) is 32.3 Å². The average Bonchev–Trinajstić information content (AvgIpc) is 3.18. The maximum Gasteiger partial charge on any atom is 0.277 e. The van der Waals surface area contributed by atoms with Gasteiger partial charge in [-0.2, -0.15) is 5.10 Å². The van der Waals surface area contributed by atoms with E-state index in [0.717, 1.165) is 11.1 Å². The minimum Gasteiger partial charge on any atom is -0.495 e. The van der Waals surface area contributed by atoms with Crippen molar-refractivity contribution in [2.45, 2.75) is 20.1 Å². The van der Waals surface area contributed by atoms with E-state index in [1.807, 2.05) is 37.3 Å². The zero-order valence-electron chi connectivity index (χ0n) is 17.5. The third-order valence-electron chi connectivity index (χ3n) is 5.13. The van der Waals surface area contributed by atoms with Crippen LogP contribution in [0.1, 0.15) is 11.1 Å². The highest BCUT2D eigenvalue weighted by Crippen LogP contribution is 2.31. The van der Waals surface area contributed by atoms with Gasteiger partial charge in [0.2, 0.25) is 5.91 Å². The number of carbonyl (C=O) groups is 1. The SMILES string of the molecule is COc1cc(Cl)c(C)cc1NC(=O)Cn1ccn2nc(-c3ccccc3)c(CO)c2c1=O. The van der Waals surface area contributed by atoms with Crippen LogP contribution < -0.4 is 15.6 Å². The van der Waals surface area contributed by atoms with Crippen LogP contribution in [-0.2, 0) is 17.9 Å². The number of anilines is 1. The second kappa shape index (κ2) is 8.86. The Morgan fingerprint density at radius 3 is 2.66 bits per heavy atom. The van der Waals surface area contributed by atoms with Crippen LogP contribution in [0.5, 0.6) is 5.75 Å². The van der Waals surface area contributed by atoms with Crippen LogP contribution in [0.4, 0.5) is 5.69 Å². The van der Waals surface area contributed by atoms with E-state index in [1.54, 1.807) is 18.3 Å². The van der Waals surface area contributed by atoms with Gasteiger partial charge in [0.05, 0.1) is 25.1 Å². The zero-order chi connectivity index (χ0) is 22.8. The molecule has 0 unspecified atom stereocenters. The van der Waals surface area contributed by atoms with Gasteiger partial charge in [0, 0.05) is 34.6 Å². The summed E-state index contributed by atoms with van der Waals surface area (Å²) in [5.74, 6) is 0.00688. The summed E-state index contributed by atoms with van der Waals surface area (Å²) in [5.41, 5.74) is 2.75. The molecule has 0 aliphatic heterocycles. The highest BCUT2D eigenvalue weighted by Gasteiger charge is 2.19. The molecule has 8 nitrogen and oxygen atoms in total. The molecule has 0 aliphatic carbocycles. The summed E-state index contributed by atoms with van der Waals surface area (Å²) in [4.78, 5) is 25.8. The molecule has 2 aromatic heterocycles. The van der Waals surface area contributed by atoms with Crippen molar-refractivity contribution in [2.75, 3.05) is 12.4 Å². The van der Waals surface area contributed by atoms with Crippen LogP contribution in [0.25, 0.3) is 16.8 Å². The van der Waals surface area contributed by atoms with Gasteiger partial charge in [0.25, 0.3) is 5.56 Å². The van der Waals surface area contributed by atoms with E-state index in [9.17, 15) is 14.7 Å². The summed E-state index contributed by atoms with van der Waals surface area (Å²) >= 11 is 6.12. The normalized spacial score (nSPS) is 11.0. The van der Waals surface area contributed by atoms with Crippen molar-refractivity contribution in [3.63, 3.8) is 0 Å². The molecule has 9 heteroatoms. The Morgan fingerprint density at radius 1 is 1.22 bits per heavy atom. The first-order chi connectivity index (χ1) is 15.4. The third kappa shape index (κ3) is 3.98. The molecule has 0 atom stereocenters. The summed E-state index contributed by atoms with van der Waals surface area (Å²) in [6.45, 7) is 1.23. The number of hydrogen-bond acceptors (Lipinski definition) is 5. The van der Waals surface area contributed by atoms with Crippen LogP contribution in [0.3, 0.4) is 0 Å². The fraction of sp³-hybridized carbons (Fsp3) is 0.174. The van der Waals surface area contributed by atoms with E-state index in [-0.39, 0.29) is 18.7 Å². The maximum atomic E-state index is 13.1. The molecule has 2 heterocycles. The molecule has 2 N–H and O–H groups in total. The van der Waals surface area contributed by atoms with Crippen molar-refractivity contribution < 1.29 is 14.6 Å². The van der Waals surface area contributed by atoms with Crippen molar-refractivity contribution in [2.24, 2.45) is 0 Å². The Bertz CT molecular complexity index is 1360. The van der Waals surface area contributed by atoms with Gasteiger partial charge in [-0.05, 0) is 18.6 Å². The highest BCUT2D eigenvalue weighted by atomic mass is 35.5. The Kier molecular flexibility index (Phi) is 5.98. The lowest BCUT2D eigenvalue weighted by molar-refractivity contribution is -0.116. The monoisotopic (exact) mass is 452 g/mol. The number of amides is 1. The number of nitrogens with zero attached hydrogens (tertiary/aromatic N) is 3. The number of hydrogen-bond donors (Lipinski definition) is 2. The van der Waals surface area contributed by atoms with E-state index in [1.165, 1.54) is 22.4 Å². The molecule has 32 heavy (non-hydrogen) atoms. The first-order valence-corrected chi connectivity index (χ1v) is 10.2. The molecule has 0 saturated carbocycles. The predicted molar refractivity (Wildman–Crippen MR) is 122 cm³/mol. The first-order valence-electron chi connectivity index (χ1n) is 9.84. The van der Waals surface area contributed by atoms with Gasteiger partial charge >= 0.3 is 0 Å². The third-order valence-corrected chi connectivity index (χ3v) is 5.54. The molecule has 0 radical (unpaired) electrons. The molecule has 4 aromatic rings. The number of aliphatic hydroxyl groups excluding tert-OH is 1. The average molecular weight is 453 g/mol. The number of fused-ring (bicyclic) bond motifs is 1. The summed E-state index contributed by atoms with van der Waals surface area (Å²) in [7, 11) is 1.48. The lowest BCUT2D eigenvalue weighted by atomic mass is 10.1. The minimum absolute atomic E-state index is 0.224. The number of aliphatic hydroxyl groups is 1. The smallest absolute Gasteiger partial charge is 0.277 e. The first kappa shape index (κ1) is 21.6. The van der Waals surface area contributed by atoms with Gasteiger partial charge in [-0.25, -0.2) is 4.52 Å². The standard InChI is InChI=1S/C23H21ClN4O4/c1-14-10-18(19(32-2)11-17(14)24)25-20(30)12-27-8-9-28-22(23(27)31)16(13-29)21(26-28)15-6-4-3-5-7-15/h3-11,29H,12-13H2,1-2H3,(H,25,30). The molecule has 0 aliphatic rings. The second-order valence-electron chi connectivity index (χ2n) is 7.23. The fourth-order valence-electron chi connectivity index (χ4n) is 3.53. The molecular formula is C23H21ClN4O4. The Morgan fingerprint density at radius 2 is 1.97 bits per heavy atom. The highest BCUT2D eigenvalue weighted by molar-refractivity contribution is 6.31. The summed E-state index contributed by atoms with van der Waals surface area (Å²) in [5, 5.41) is 17.7. The molecule has 0 spiro atoms. The van der Waals surface area contributed by atoms with E-state index in [4.69, 9.17) is 16.3 Å². The minimum atomic E-state index is -0.430. The summed E-state index contributed by atoms with van der Waals surface area (Å²) < 4.78 is 7.98. The fourth-order valence-corrected chi connectivity index (χ4v) is 3.68.